The van der Waals surface area contributed by atoms with Gasteiger partial charge in [0.15, 0.2) is 5.78 Å². The van der Waals surface area contributed by atoms with Crippen LogP contribution in [0, 0.1) is 22.8 Å². The molecule has 0 saturated heterocycles. The van der Waals surface area contributed by atoms with Gasteiger partial charge in [-0.1, -0.05) is 117 Å². The minimum absolute atomic E-state index is 0. The van der Waals surface area contributed by atoms with E-state index in [2.05, 4.69) is 82.3 Å². The van der Waals surface area contributed by atoms with Gasteiger partial charge in [-0.3, -0.25) is 4.79 Å². The molecule has 267 valence electrons. The van der Waals surface area contributed by atoms with Gasteiger partial charge in [-0.15, -0.1) is 29.3 Å². The van der Waals surface area contributed by atoms with E-state index in [1.54, 1.807) is 0 Å². The summed E-state index contributed by atoms with van der Waals surface area (Å²) in [5, 5.41) is 13.7. The molecule has 0 atom stereocenters. The van der Waals surface area contributed by atoms with E-state index in [-0.39, 0.29) is 47.9 Å². The number of hydrogen-bond donors (Lipinski definition) is 1. The average Bonchev–Trinajstić information content (AvgIpc) is 3.60. The fourth-order valence-corrected chi connectivity index (χ4v) is 7.04. The quantitative estimate of drug-likeness (QED) is 0.0864. The number of benzene rings is 3. The Morgan fingerprint density at radius 3 is 2.24 bits per heavy atom. The Balaban J connectivity index is 0.000000269. The second kappa shape index (κ2) is 15.4. The fourth-order valence-electron chi connectivity index (χ4n) is 7.04. The van der Waals surface area contributed by atoms with Crippen molar-refractivity contribution in [1.29, 1.82) is 0 Å². The van der Waals surface area contributed by atoms with Crippen LogP contribution in [0.5, 0.6) is 0 Å². The number of aliphatic hydroxyl groups is 1. The van der Waals surface area contributed by atoms with Crippen molar-refractivity contribution in [3.8, 4) is 22.6 Å². The van der Waals surface area contributed by atoms with Crippen LogP contribution in [0.15, 0.2) is 83.1 Å². The minimum atomic E-state index is -0.337. The molecule has 6 rings (SSSR count). The molecule has 50 heavy (non-hydrogen) atoms. The number of fused-ring (bicyclic) bond motifs is 6. The number of furan rings is 1. The second-order valence-corrected chi connectivity index (χ2v) is 15.3. The molecule has 1 aliphatic carbocycles. The van der Waals surface area contributed by atoms with Crippen LogP contribution in [0.3, 0.4) is 0 Å². The van der Waals surface area contributed by atoms with E-state index in [0.717, 1.165) is 60.3 Å². The van der Waals surface area contributed by atoms with Crippen LogP contribution in [0.25, 0.3) is 44.3 Å². The van der Waals surface area contributed by atoms with E-state index in [1.807, 2.05) is 59.9 Å². The summed E-state index contributed by atoms with van der Waals surface area (Å²) in [6.45, 7) is 21.2. The van der Waals surface area contributed by atoms with Crippen molar-refractivity contribution in [3.63, 3.8) is 0 Å². The van der Waals surface area contributed by atoms with Gasteiger partial charge in [0, 0.05) is 59.6 Å². The van der Waals surface area contributed by atoms with Crippen LogP contribution in [0.4, 0.5) is 0 Å². The first-order chi connectivity index (χ1) is 23.2. The van der Waals surface area contributed by atoms with Crippen molar-refractivity contribution in [1.82, 2.24) is 4.98 Å². The maximum Gasteiger partial charge on any atom is 0.164 e. The number of aromatic nitrogens is 1. The Hall–Kier alpha value is -3.53. The maximum absolute atomic E-state index is 12.2. The summed E-state index contributed by atoms with van der Waals surface area (Å²) in [5.74, 6) is 1.88. The molecule has 1 radical (unpaired) electrons. The normalized spacial score (nSPS) is 13.9. The smallest absolute Gasteiger partial charge is 0.164 e. The first-order valence-corrected chi connectivity index (χ1v) is 18.1. The minimum Gasteiger partial charge on any atom is -0.512 e. The number of para-hydroxylation sites is 1. The molecule has 5 heteroatoms. The van der Waals surface area contributed by atoms with Crippen LogP contribution >= 0.6 is 0 Å². The van der Waals surface area contributed by atoms with Crippen molar-refractivity contribution < 1.29 is 34.4 Å². The Kier molecular flexibility index (Phi) is 12.1. The van der Waals surface area contributed by atoms with Gasteiger partial charge >= 0.3 is 0 Å². The zero-order chi connectivity index (χ0) is 35.7. The van der Waals surface area contributed by atoms with Gasteiger partial charge in [0.1, 0.15) is 11.3 Å². The molecule has 0 fully saturated rings. The van der Waals surface area contributed by atoms with Crippen molar-refractivity contribution in [2.24, 2.45) is 16.7 Å². The number of carbonyl (C=O) groups is 1. The molecule has 0 unspecified atom stereocenters. The molecule has 5 aromatic rings. The SMILES string of the molecule is CC(C)Cc1ccc2cnc(-c3[c-]ccc4c3-c3oc5ccccc5c3C4(C)C)cc2c1.CCC(C)(CC)C(=O)/C=C(\O)C(C)(CC)CC.[Ir]. The molecule has 2 heterocycles. The van der Waals surface area contributed by atoms with Crippen LogP contribution in [0.2, 0.25) is 0 Å². The zero-order valence-corrected chi connectivity index (χ0v) is 34.0. The van der Waals surface area contributed by atoms with Crippen molar-refractivity contribution >= 4 is 27.5 Å². The molecule has 1 N–H and O–H groups in total. The van der Waals surface area contributed by atoms with E-state index in [1.165, 1.54) is 38.9 Å². The second-order valence-electron chi connectivity index (χ2n) is 15.3. The first-order valence-electron chi connectivity index (χ1n) is 18.1. The third-order valence-corrected chi connectivity index (χ3v) is 11.4. The molecular formula is C45H54IrNO3-. The van der Waals surface area contributed by atoms with Gasteiger partial charge in [-0.05, 0) is 66.1 Å². The Labute approximate surface area is 313 Å². The van der Waals surface area contributed by atoms with Crippen molar-refractivity contribution in [3.05, 3.63) is 101 Å². The van der Waals surface area contributed by atoms with E-state index >= 15 is 0 Å². The van der Waals surface area contributed by atoms with Crippen molar-refractivity contribution in [2.75, 3.05) is 0 Å². The third kappa shape index (κ3) is 7.28. The predicted molar refractivity (Wildman–Crippen MR) is 205 cm³/mol. The number of hydrogen-bond acceptors (Lipinski definition) is 4. The summed E-state index contributed by atoms with van der Waals surface area (Å²) in [5.41, 5.74) is 7.21. The largest absolute Gasteiger partial charge is 0.512 e. The van der Waals surface area contributed by atoms with Gasteiger partial charge in [-0.25, -0.2) is 0 Å². The van der Waals surface area contributed by atoms with Gasteiger partial charge in [0.2, 0.25) is 0 Å². The summed E-state index contributed by atoms with van der Waals surface area (Å²) in [7, 11) is 0. The number of nitrogens with zero attached hydrogens (tertiary/aromatic N) is 1. The topological polar surface area (TPSA) is 63.3 Å². The van der Waals surface area contributed by atoms with Gasteiger partial charge in [0.25, 0.3) is 0 Å². The van der Waals surface area contributed by atoms with E-state index in [4.69, 9.17) is 9.40 Å². The number of rotatable bonds is 10. The van der Waals surface area contributed by atoms with Gasteiger partial charge in [-0.2, -0.15) is 0 Å². The maximum atomic E-state index is 12.2. The first kappa shape index (κ1) is 39.3. The standard InChI is InChI=1S/C30H26NO.C15H28O2.Ir/c1-18(2)14-19-12-13-20-17-31-25(16-21(20)15-19)22-9-7-10-24-27(22)29-28(30(24,3)4)23-8-5-6-11-26(23)32-29;1-7-14(5,8-2)12(16)11-13(17)15(6,9-3)10-4;/h5-8,10-13,15-18H,14H2,1-4H3;11,16H,7-10H2,1-6H3;/q-1;;/b;12-11-;. The Morgan fingerprint density at radius 1 is 0.940 bits per heavy atom. The summed E-state index contributed by atoms with van der Waals surface area (Å²) in [4.78, 5) is 17.0. The third-order valence-electron chi connectivity index (χ3n) is 11.4. The van der Waals surface area contributed by atoms with Crippen LogP contribution in [0.1, 0.15) is 112 Å². The molecule has 4 nitrogen and oxygen atoms in total. The number of carbonyl (C=O) groups excluding carboxylic acids is 1. The van der Waals surface area contributed by atoms with Gasteiger partial charge < -0.3 is 14.5 Å². The number of aliphatic hydroxyl groups excluding tert-OH is 1. The van der Waals surface area contributed by atoms with E-state index < -0.39 is 0 Å². The summed E-state index contributed by atoms with van der Waals surface area (Å²) in [6.07, 6.45) is 7.82. The van der Waals surface area contributed by atoms with E-state index in [0.29, 0.717) is 5.92 Å². The summed E-state index contributed by atoms with van der Waals surface area (Å²) in [6, 6.07) is 25.0. The van der Waals surface area contributed by atoms with Crippen LogP contribution in [-0.2, 0) is 36.7 Å². The molecule has 0 saturated carbocycles. The molecule has 3 aromatic carbocycles. The molecule has 0 aliphatic heterocycles. The molecule has 1 aliphatic rings. The molecular weight excluding hydrogens is 795 g/mol. The number of allylic oxidation sites excluding steroid dienone is 2. The fraction of sp³-hybridized carbons (Fsp3) is 0.422. The Morgan fingerprint density at radius 2 is 1.60 bits per heavy atom. The van der Waals surface area contributed by atoms with E-state index in [9.17, 15) is 9.90 Å². The predicted octanol–water partition coefficient (Wildman–Crippen LogP) is 12.6. The number of pyridine rings is 1. The molecule has 0 spiro atoms. The monoisotopic (exact) mass is 849 g/mol. The molecule has 0 amide bonds. The van der Waals surface area contributed by atoms with Crippen molar-refractivity contribution in [2.45, 2.75) is 107 Å². The molecule has 2 aromatic heterocycles. The van der Waals surface area contributed by atoms with Crippen LogP contribution in [-0.4, -0.2) is 15.9 Å². The molecule has 0 bridgehead atoms. The summed E-state index contributed by atoms with van der Waals surface area (Å²) >= 11 is 0. The van der Waals surface area contributed by atoms with Gasteiger partial charge in [0.05, 0.1) is 5.76 Å². The van der Waals surface area contributed by atoms with Crippen LogP contribution < -0.4 is 0 Å². The summed E-state index contributed by atoms with van der Waals surface area (Å²) < 4.78 is 6.44. The average molecular weight is 849 g/mol. The number of ketones is 1. The zero-order valence-electron chi connectivity index (χ0n) is 31.6. The Bertz CT molecular complexity index is 2010.